The second-order valence-corrected chi connectivity index (χ2v) is 5.17. The van der Waals surface area contributed by atoms with Crippen LogP contribution >= 0.6 is 7.60 Å². The van der Waals surface area contributed by atoms with Crippen LogP contribution in [0.25, 0.3) is 0 Å². The van der Waals surface area contributed by atoms with Crippen molar-refractivity contribution < 1.29 is 13.6 Å². The molecule has 1 atom stereocenters. The van der Waals surface area contributed by atoms with E-state index in [9.17, 15) is 4.57 Å². The van der Waals surface area contributed by atoms with Gasteiger partial charge in [-0.05, 0) is 12.3 Å². The van der Waals surface area contributed by atoms with Crippen LogP contribution in [0.15, 0.2) is 24.5 Å². The molecule has 0 N–H and O–H groups in total. The van der Waals surface area contributed by atoms with Crippen LogP contribution in [0.3, 0.4) is 0 Å². The first-order valence-corrected chi connectivity index (χ1v) is 5.84. The number of hydrogen-bond acceptors (Lipinski definition) is 3. The van der Waals surface area contributed by atoms with Gasteiger partial charge in [0.25, 0.3) is 0 Å². The maximum Gasteiger partial charge on any atom is 0.357 e. The second-order valence-electron chi connectivity index (χ2n) is 3.08. The van der Waals surface area contributed by atoms with Gasteiger partial charge in [-0.3, -0.25) is 4.57 Å². The lowest BCUT2D eigenvalue weighted by molar-refractivity contribution is 0.355. The van der Waals surface area contributed by atoms with Gasteiger partial charge >= 0.3 is 7.60 Å². The Balaban J connectivity index is 2.65. The van der Waals surface area contributed by atoms with Gasteiger partial charge in [-0.25, -0.2) is 0 Å². The van der Waals surface area contributed by atoms with Crippen LogP contribution in [0, 0.1) is 5.92 Å². The SMILES string of the molecule is C=CCC(C)C(=C)P1(=O)OCCO1. The molecule has 1 fully saturated rings. The third-order valence-corrected chi connectivity index (χ3v) is 4.24. The van der Waals surface area contributed by atoms with Crippen molar-refractivity contribution in [2.24, 2.45) is 5.92 Å². The molecule has 0 aromatic carbocycles. The summed E-state index contributed by atoms with van der Waals surface area (Å²) in [5, 5.41) is 0.560. The van der Waals surface area contributed by atoms with Gasteiger partial charge in [-0.15, -0.1) is 6.58 Å². The van der Waals surface area contributed by atoms with Crippen LogP contribution in [-0.2, 0) is 13.6 Å². The Morgan fingerprint density at radius 2 is 2.15 bits per heavy atom. The quantitative estimate of drug-likeness (QED) is 0.519. The first-order valence-electron chi connectivity index (χ1n) is 4.29. The number of allylic oxidation sites excluding steroid dienone is 2. The van der Waals surface area contributed by atoms with Crippen LogP contribution in [0.5, 0.6) is 0 Å². The van der Waals surface area contributed by atoms with E-state index in [1.165, 1.54) is 0 Å². The number of rotatable bonds is 4. The van der Waals surface area contributed by atoms with Crippen LogP contribution in [-0.4, -0.2) is 13.2 Å². The molecule has 3 nitrogen and oxygen atoms in total. The van der Waals surface area contributed by atoms with Crippen LogP contribution < -0.4 is 0 Å². The summed E-state index contributed by atoms with van der Waals surface area (Å²) in [7, 11) is -2.99. The van der Waals surface area contributed by atoms with E-state index in [0.717, 1.165) is 6.42 Å². The Kier molecular flexibility index (Phi) is 3.48. The largest absolute Gasteiger partial charge is 0.357 e. The second kappa shape index (κ2) is 4.23. The number of hydrogen-bond donors (Lipinski definition) is 0. The molecule has 13 heavy (non-hydrogen) atoms. The summed E-state index contributed by atoms with van der Waals surface area (Å²) in [6, 6.07) is 0. The van der Waals surface area contributed by atoms with Gasteiger partial charge < -0.3 is 9.05 Å². The molecule has 4 heteroatoms. The molecular weight excluding hydrogens is 187 g/mol. The van der Waals surface area contributed by atoms with E-state index in [-0.39, 0.29) is 5.92 Å². The van der Waals surface area contributed by atoms with Crippen molar-refractivity contribution in [1.82, 2.24) is 0 Å². The molecule has 0 bridgehead atoms. The minimum Gasteiger partial charge on any atom is -0.303 e. The van der Waals surface area contributed by atoms with E-state index in [1.807, 2.05) is 6.92 Å². The van der Waals surface area contributed by atoms with Crippen LogP contribution in [0.2, 0.25) is 0 Å². The Morgan fingerprint density at radius 1 is 1.62 bits per heavy atom. The van der Waals surface area contributed by atoms with Gasteiger partial charge in [0, 0.05) is 5.31 Å². The summed E-state index contributed by atoms with van der Waals surface area (Å²) < 4.78 is 22.0. The molecule has 1 rings (SSSR count). The summed E-state index contributed by atoms with van der Waals surface area (Å²) in [6.45, 7) is 10.1. The highest BCUT2D eigenvalue weighted by molar-refractivity contribution is 7.58. The first kappa shape index (κ1) is 10.7. The maximum absolute atomic E-state index is 11.9. The lowest BCUT2D eigenvalue weighted by Gasteiger charge is -2.17. The fraction of sp³-hybridized carbons (Fsp3) is 0.556. The van der Waals surface area contributed by atoms with Crippen molar-refractivity contribution in [3.63, 3.8) is 0 Å². The molecule has 0 amide bonds. The molecular formula is C9H15O3P. The van der Waals surface area contributed by atoms with E-state index in [4.69, 9.17) is 9.05 Å². The van der Waals surface area contributed by atoms with Gasteiger partial charge in [0.05, 0.1) is 13.2 Å². The van der Waals surface area contributed by atoms with Gasteiger partial charge in [0.1, 0.15) is 0 Å². The monoisotopic (exact) mass is 202 g/mol. The Hall–Kier alpha value is -0.370. The molecule has 0 aromatic rings. The van der Waals surface area contributed by atoms with Gasteiger partial charge in [0.15, 0.2) is 0 Å². The summed E-state index contributed by atoms with van der Waals surface area (Å²) >= 11 is 0. The maximum atomic E-state index is 11.9. The standard InChI is InChI=1S/C9H15O3P/c1-4-5-8(2)9(3)13(10)11-6-7-12-13/h4,8H,1,3,5-7H2,2H3. The van der Waals surface area contributed by atoms with Gasteiger partial charge in [-0.1, -0.05) is 19.6 Å². The van der Waals surface area contributed by atoms with E-state index in [0.29, 0.717) is 18.5 Å². The van der Waals surface area contributed by atoms with E-state index < -0.39 is 7.60 Å². The topological polar surface area (TPSA) is 35.5 Å². The van der Waals surface area contributed by atoms with E-state index in [2.05, 4.69) is 13.2 Å². The zero-order valence-corrected chi connectivity index (χ0v) is 8.76. The summed E-state index contributed by atoms with van der Waals surface area (Å²) in [5.41, 5.74) is 0. The predicted octanol–water partition coefficient (Wildman–Crippen LogP) is 2.95. The predicted molar refractivity (Wildman–Crippen MR) is 52.6 cm³/mol. The average molecular weight is 202 g/mol. The van der Waals surface area contributed by atoms with Crippen molar-refractivity contribution in [2.45, 2.75) is 13.3 Å². The van der Waals surface area contributed by atoms with Crippen LogP contribution in [0.4, 0.5) is 0 Å². The molecule has 1 aliphatic rings. The molecule has 1 aliphatic heterocycles. The van der Waals surface area contributed by atoms with E-state index in [1.54, 1.807) is 6.08 Å². The highest BCUT2D eigenvalue weighted by Gasteiger charge is 2.35. The molecule has 1 unspecified atom stereocenters. The Morgan fingerprint density at radius 3 is 2.62 bits per heavy atom. The molecule has 0 aromatic heterocycles. The van der Waals surface area contributed by atoms with Crippen molar-refractivity contribution in [3.8, 4) is 0 Å². The lowest BCUT2D eigenvalue weighted by atomic mass is 10.1. The summed E-state index contributed by atoms with van der Waals surface area (Å²) in [5.74, 6) is 0.0985. The molecule has 0 radical (unpaired) electrons. The fourth-order valence-corrected chi connectivity index (χ4v) is 2.86. The lowest BCUT2D eigenvalue weighted by Crippen LogP contribution is -1.98. The summed E-state index contributed by atoms with van der Waals surface area (Å²) in [4.78, 5) is 0. The molecule has 1 heterocycles. The third kappa shape index (κ3) is 2.31. The molecule has 0 spiro atoms. The molecule has 74 valence electrons. The minimum atomic E-state index is -2.99. The van der Waals surface area contributed by atoms with E-state index >= 15 is 0 Å². The van der Waals surface area contributed by atoms with Gasteiger partial charge in [0.2, 0.25) is 0 Å². The highest BCUT2D eigenvalue weighted by atomic mass is 31.2. The first-order chi connectivity index (χ1) is 6.10. The Labute approximate surface area is 79.0 Å². The zero-order chi connectivity index (χ0) is 9.90. The minimum absolute atomic E-state index is 0.0985. The van der Waals surface area contributed by atoms with Crippen molar-refractivity contribution in [3.05, 3.63) is 24.5 Å². The van der Waals surface area contributed by atoms with Crippen molar-refractivity contribution in [2.75, 3.05) is 13.2 Å². The summed E-state index contributed by atoms with van der Waals surface area (Å²) in [6.07, 6.45) is 2.52. The molecule has 0 saturated carbocycles. The highest BCUT2D eigenvalue weighted by Crippen LogP contribution is 2.60. The normalized spacial score (nSPS) is 22.5. The van der Waals surface area contributed by atoms with Crippen molar-refractivity contribution >= 4 is 7.60 Å². The Bertz CT molecular complexity index is 250. The average Bonchev–Trinajstić information content (AvgIpc) is 2.52. The fourth-order valence-electron chi connectivity index (χ4n) is 1.17. The third-order valence-electron chi connectivity index (χ3n) is 2.05. The van der Waals surface area contributed by atoms with Crippen LogP contribution in [0.1, 0.15) is 13.3 Å². The molecule has 0 aliphatic carbocycles. The molecule has 1 saturated heterocycles. The van der Waals surface area contributed by atoms with Gasteiger partial charge in [-0.2, -0.15) is 0 Å². The zero-order valence-electron chi connectivity index (χ0n) is 7.86. The smallest absolute Gasteiger partial charge is 0.303 e. The van der Waals surface area contributed by atoms with Crippen molar-refractivity contribution in [1.29, 1.82) is 0 Å².